The summed E-state index contributed by atoms with van der Waals surface area (Å²) in [5.74, 6) is -0.252. The van der Waals surface area contributed by atoms with Gasteiger partial charge in [-0.25, -0.2) is 0 Å². The van der Waals surface area contributed by atoms with Crippen molar-refractivity contribution >= 4 is 33.5 Å². The lowest BCUT2D eigenvalue weighted by Crippen LogP contribution is -2.19. The van der Waals surface area contributed by atoms with E-state index in [9.17, 15) is 4.79 Å². The van der Waals surface area contributed by atoms with Gasteiger partial charge < -0.3 is 4.74 Å². The summed E-state index contributed by atoms with van der Waals surface area (Å²) in [6, 6.07) is 7.46. The topological polar surface area (TPSA) is 26.3 Å². The summed E-state index contributed by atoms with van der Waals surface area (Å²) < 4.78 is 4.89. The Bertz CT molecular complexity index is 341. The molecule has 0 bridgehead atoms. The molecule has 82 valence electrons. The van der Waals surface area contributed by atoms with Crippen molar-refractivity contribution in [3.05, 3.63) is 34.9 Å². The fourth-order valence-electron chi connectivity index (χ4n) is 1.17. The summed E-state index contributed by atoms with van der Waals surface area (Å²) >= 11 is 9.26. The number of carbonyl (C=O) groups excluding carboxylic acids is 1. The van der Waals surface area contributed by atoms with Gasteiger partial charge >= 0.3 is 5.97 Å². The molecule has 0 heterocycles. The first-order chi connectivity index (χ1) is 7.15. The van der Waals surface area contributed by atoms with Crippen LogP contribution < -0.4 is 0 Å². The molecule has 15 heavy (non-hydrogen) atoms. The first-order valence-corrected chi connectivity index (χ1v) is 5.98. The van der Waals surface area contributed by atoms with Crippen LogP contribution in [0, 0.1) is 0 Å². The molecule has 1 atom stereocenters. The third kappa shape index (κ3) is 3.84. The number of ether oxygens (including phenoxy) is 1. The molecule has 0 amide bonds. The predicted octanol–water partition coefficient (Wildman–Crippen LogP) is 3.21. The summed E-state index contributed by atoms with van der Waals surface area (Å²) in [6.07, 6.45) is 0.540. The average Bonchev–Trinajstić information content (AvgIpc) is 2.21. The molecule has 1 rings (SSSR count). The van der Waals surface area contributed by atoms with Crippen molar-refractivity contribution < 1.29 is 9.53 Å². The second-order valence-corrected chi connectivity index (χ2v) is 4.53. The van der Waals surface area contributed by atoms with Gasteiger partial charge in [-0.3, -0.25) is 4.79 Å². The van der Waals surface area contributed by atoms with Crippen LogP contribution in [-0.4, -0.2) is 17.4 Å². The molecule has 0 N–H and O–H groups in total. The van der Waals surface area contributed by atoms with E-state index in [-0.39, 0.29) is 10.8 Å². The SMILES string of the molecule is CCOC(=O)C(Br)Cc1ccccc1Cl. The standard InChI is InChI=1S/C11H12BrClO2/c1-2-15-11(14)9(12)7-8-5-3-4-6-10(8)13/h3-6,9H,2,7H2,1H3. The van der Waals surface area contributed by atoms with Crippen molar-refractivity contribution in [1.29, 1.82) is 0 Å². The van der Waals surface area contributed by atoms with Crippen LogP contribution in [0.2, 0.25) is 5.02 Å². The molecule has 1 unspecified atom stereocenters. The third-order valence-corrected chi connectivity index (χ3v) is 2.97. The van der Waals surface area contributed by atoms with E-state index in [0.717, 1.165) is 5.56 Å². The highest BCUT2D eigenvalue weighted by Gasteiger charge is 2.17. The Morgan fingerprint density at radius 2 is 2.20 bits per heavy atom. The van der Waals surface area contributed by atoms with Gasteiger partial charge in [0.25, 0.3) is 0 Å². The van der Waals surface area contributed by atoms with Gasteiger partial charge in [-0.15, -0.1) is 0 Å². The quantitative estimate of drug-likeness (QED) is 0.629. The van der Waals surface area contributed by atoms with E-state index in [2.05, 4.69) is 15.9 Å². The van der Waals surface area contributed by atoms with E-state index in [1.54, 1.807) is 6.92 Å². The molecule has 0 saturated carbocycles. The van der Waals surface area contributed by atoms with Crippen LogP contribution in [0.3, 0.4) is 0 Å². The van der Waals surface area contributed by atoms with Gasteiger partial charge in [0.2, 0.25) is 0 Å². The van der Waals surface area contributed by atoms with Crippen LogP contribution in [0.15, 0.2) is 24.3 Å². The van der Waals surface area contributed by atoms with Crippen molar-refractivity contribution in [3.63, 3.8) is 0 Å². The number of carbonyl (C=O) groups is 1. The Hall–Kier alpha value is -0.540. The molecule has 0 spiro atoms. The molecule has 4 heteroatoms. The molecule has 0 aliphatic rings. The second kappa shape index (κ2) is 6.13. The molecule has 0 fully saturated rings. The van der Waals surface area contributed by atoms with E-state index >= 15 is 0 Å². The highest BCUT2D eigenvalue weighted by Crippen LogP contribution is 2.19. The van der Waals surface area contributed by atoms with E-state index in [4.69, 9.17) is 16.3 Å². The number of halogens is 2. The Morgan fingerprint density at radius 3 is 2.80 bits per heavy atom. The lowest BCUT2D eigenvalue weighted by atomic mass is 10.1. The minimum absolute atomic E-state index is 0.252. The van der Waals surface area contributed by atoms with Crippen LogP contribution >= 0.6 is 27.5 Å². The van der Waals surface area contributed by atoms with Crippen LogP contribution in [0.5, 0.6) is 0 Å². The lowest BCUT2D eigenvalue weighted by molar-refractivity contribution is -0.142. The fraction of sp³-hybridized carbons (Fsp3) is 0.364. The summed E-state index contributed by atoms with van der Waals surface area (Å²) in [5, 5.41) is 0.672. The highest BCUT2D eigenvalue weighted by atomic mass is 79.9. The summed E-state index contributed by atoms with van der Waals surface area (Å²) in [4.78, 5) is 11.0. The first-order valence-electron chi connectivity index (χ1n) is 4.69. The van der Waals surface area contributed by atoms with E-state index in [1.165, 1.54) is 0 Å². The zero-order valence-electron chi connectivity index (χ0n) is 8.37. The Kier molecular flexibility index (Phi) is 5.12. The summed E-state index contributed by atoms with van der Waals surface area (Å²) in [6.45, 7) is 2.18. The minimum Gasteiger partial charge on any atom is -0.465 e. The monoisotopic (exact) mass is 290 g/mol. The van der Waals surface area contributed by atoms with Crippen molar-refractivity contribution in [1.82, 2.24) is 0 Å². The number of benzene rings is 1. The average molecular weight is 292 g/mol. The number of hydrogen-bond donors (Lipinski definition) is 0. The Labute approximate surface area is 103 Å². The molecule has 0 radical (unpaired) electrons. The van der Waals surface area contributed by atoms with Crippen molar-refractivity contribution in [2.75, 3.05) is 6.61 Å². The van der Waals surface area contributed by atoms with Crippen LogP contribution in [0.4, 0.5) is 0 Å². The molecular weight excluding hydrogens is 279 g/mol. The van der Waals surface area contributed by atoms with Gasteiger partial charge in [-0.1, -0.05) is 45.7 Å². The number of rotatable bonds is 4. The largest absolute Gasteiger partial charge is 0.465 e. The maximum atomic E-state index is 11.3. The van der Waals surface area contributed by atoms with Crippen LogP contribution in [-0.2, 0) is 16.0 Å². The molecule has 1 aromatic carbocycles. The van der Waals surface area contributed by atoms with Gasteiger partial charge in [0.15, 0.2) is 0 Å². The zero-order chi connectivity index (χ0) is 11.3. The molecule has 0 aromatic heterocycles. The molecule has 0 saturated heterocycles. The van der Waals surface area contributed by atoms with E-state index in [1.807, 2.05) is 24.3 Å². The van der Waals surface area contributed by atoms with Crippen LogP contribution in [0.25, 0.3) is 0 Å². The van der Waals surface area contributed by atoms with Gasteiger partial charge in [0, 0.05) is 5.02 Å². The van der Waals surface area contributed by atoms with Crippen molar-refractivity contribution in [2.45, 2.75) is 18.2 Å². The highest BCUT2D eigenvalue weighted by molar-refractivity contribution is 9.10. The van der Waals surface area contributed by atoms with Gasteiger partial charge in [0.1, 0.15) is 4.83 Å². The predicted molar refractivity (Wildman–Crippen MR) is 64.5 cm³/mol. The maximum absolute atomic E-state index is 11.3. The van der Waals surface area contributed by atoms with Crippen molar-refractivity contribution in [3.8, 4) is 0 Å². The maximum Gasteiger partial charge on any atom is 0.320 e. The molecular formula is C11H12BrClO2. The smallest absolute Gasteiger partial charge is 0.320 e. The van der Waals surface area contributed by atoms with Crippen molar-refractivity contribution in [2.24, 2.45) is 0 Å². The number of esters is 1. The molecule has 0 aliphatic carbocycles. The summed E-state index contributed by atoms with van der Waals surface area (Å²) in [5.41, 5.74) is 0.939. The van der Waals surface area contributed by atoms with Gasteiger partial charge in [-0.05, 0) is 25.0 Å². The third-order valence-electron chi connectivity index (χ3n) is 1.90. The Balaban J connectivity index is 2.62. The lowest BCUT2D eigenvalue weighted by Gasteiger charge is -2.09. The van der Waals surface area contributed by atoms with E-state index < -0.39 is 0 Å². The minimum atomic E-state index is -0.336. The molecule has 0 aliphatic heterocycles. The number of alkyl halides is 1. The van der Waals surface area contributed by atoms with Gasteiger partial charge in [-0.2, -0.15) is 0 Å². The first kappa shape index (κ1) is 12.5. The summed E-state index contributed by atoms with van der Waals surface area (Å²) in [7, 11) is 0. The molecule has 1 aromatic rings. The fourth-order valence-corrected chi connectivity index (χ4v) is 1.87. The Morgan fingerprint density at radius 1 is 1.53 bits per heavy atom. The van der Waals surface area contributed by atoms with E-state index in [0.29, 0.717) is 18.1 Å². The normalized spacial score (nSPS) is 12.2. The zero-order valence-corrected chi connectivity index (χ0v) is 10.7. The molecule has 2 nitrogen and oxygen atoms in total. The van der Waals surface area contributed by atoms with Crippen LogP contribution in [0.1, 0.15) is 12.5 Å². The number of hydrogen-bond acceptors (Lipinski definition) is 2. The van der Waals surface area contributed by atoms with Gasteiger partial charge in [0.05, 0.1) is 6.61 Å². The second-order valence-electron chi connectivity index (χ2n) is 3.02.